The first-order chi connectivity index (χ1) is 20.8. The van der Waals surface area contributed by atoms with Crippen molar-refractivity contribution in [3.63, 3.8) is 0 Å². The Kier molecular flexibility index (Phi) is 20.1. The van der Waals surface area contributed by atoms with Crippen molar-refractivity contribution in [2.24, 2.45) is 0 Å². The van der Waals surface area contributed by atoms with Gasteiger partial charge < -0.3 is 25.2 Å². The first-order valence-electron chi connectivity index (χ1n) is 16.8. The number of aliphatic hydroxyl groups excluding tert-OH is 4. The van der Waals surface area contributed by atoms with E-state index in [1.165, 1.54) is 51.4 Å². The van der Waals surface area contributed by atoms with Crippen LogP contribution in [0, 0.1) is 0 Å². The van der Waals surface area contributed by atoms with Crippen molar-refractivity contribution in [1.29, 1.82) is 0 Å². The maximum atomic E-state index is 13.8. The Labute approximate surface area is 259 Å². The molecule has 9 nitrogen and oxygen atoms in total. The van der Waals surface area contributed by atoms with Gasteiger partial charge >= 0.3 is 7.82 Å². The highest BCUT2D eigenvalue weighted by molar-refractivity contribution is 7.48. The molecule has 0 bridgehead atoms. The molecule has 0 amide bonds. The zero-order chi connectivity index (χ0) is 31.3. The summed E-state index contributed by atoms with van der Waals surface area (Å²) < 4.78 is 36.6. The highest BCUT2D eigenvalue weighted by Crippen LogP contribution is 2.52. The summed E-state index contributed by atoms with van der Waals surface area (Å²) in [5.74, 6) is 0. The van der Waals surface area contributed by atoms with Crippen LogP contribution in [0.15, 0.2) is 30.3 Å². The van der Waals surface area contributed by atoms with Crippen LogP contribution in [-0.2, 0) is 29.5 Å². The number of unbranched alkanes of at least 4 members (excludes halogenated alkanes) is 14. The van der Waals surface area contributed by atoms with E-state index in [9.17, 15) is 25.0 Å². The SMILES string of the molecule is CCCCCCCCCCOP(=O)(OCCCCCCCCCC)O[C@H]1[C@H](O)[C@@H](OCc2ccccc2)[C@H](O)[C@H](O)[C@@H]1O. The molecule has 6 atom stereocenters. The summed E-state index contributed by atoms with van der Waals surface area (Å²) >= 11 is 0. The van der Waals surface area contributed by atoms with Gasteiger partial charge in [0.05, 0.1) is 19.8 Å². The van der Waals surface area contributed by atoms with E-state index in [-0.39, 0.29) is 19.8 Å². The lowest BCUT2D eigenvalue weighted by molar-refractivity contribution is -0.235. The van der Waals surface area contributed by atoms with Gasteiger partial charge in [-0.15, -0.1) is 0 Å². The first-order valence-corrected chi connectivity index (χ1v) is 18.2. The molecule has 10 heteroatoms. The lowest BCUT2D eigenvalue weighted by Crippen LogP contribution is -2.64. The molecule has 0 spiro atoms. The number of benzene rings is 1. The second kappa shape index (κ2) is 22.6. The summed E-state index contributed by atoms with van der Waals surface area (Å²) in [4.78, 5) is 0. The maximum absolute atomic E-state index is 13.8. The van der Waals surface area contributed by atoms with E-state index in [1.54, 1.807) is 0 Å². The average Bonchev–Trinajstić information content (AvgIpc) is 3.01. The molecule has 1 fully saturated rings. The standard InChI is InChI=1S/C33H59O9P/c1-3-5-7-9-11-13-15-20-24-40-43(38,41-25-21-16-14-12-10-8-6-4-2)42-33-30(36)28(34)29(35)32(31(33)37)39-26-27-22-18-17-19-23-27/h17-19,22-23,28-37H,3-16,20-21,24-26H2,1-2H3/t28-,29+,30-,31+,32-,33+/m0/s1. The minimum absolute atomic E-state index is 0.0523. The van der Waals surface area contributed by atoms with Gasteiger partial charge in [-0.3, -0.25) is 13.6 Å². The number of hydrogen-bond donors (Lipinski definition) is 4. The van der Waals surface area contributed by atoms with Crippen LogP contribution in [0.25, 0.3) is 0 Å². The van der Waals surface area contributed by atoms with Crippen molar-refractivity contribution >= 4 is 7.82 Å². The largest absolute Gasteiger partial charge is 0.475 e. The normalized spacial score (nSPS) is 24.4. The zero-order valence-corrected chi connectivity index (χ0v) is 27.5. The van der Waals surface area contributed by atoms with Crippen LogP contribution in [0.5, 0.6) is 0 Å². The molecule has 0 heterocycles. The minimum Gasteiger partial charge on any atom is -0.387 e. The highest BCUT2D eigenvalue weighted by atomic mass is 31.2. The molecule has 0 aromatic heterocycles. The summed E-state index contributed by atoms with van der Waals surface area (Å²) in [5.41, 5.74) is 0.799. The molecular weight excluding hydrogens is 571 g/mol. The summed E-state index contributed by atoms with van der Waals surface area (Å²) in [6.45, 7) is 4.72. The molecule has 1 aromatic rings. The fraction of sp³-hybridized carbons (Fsp3) is 0.818. The molecule has 1 aliphatic carbocycles. The summed E-state index contributed by atoms with van der Waals surface area (Å²) in [6, 6.07) is 9.18. The molecule has 0 saturated heterocycles. The molecule has 1 saturated carbocycles. The number of phosphoric ester groups is 1. The van der Waals surface area contributed by atoms with Crippen LogP contribution < -0.4 is 0 Å². The predicted octanol–water partition coefficient (Wildman–Crippen LogP) is 6.84. The van der Waals surface area contributed by atoms with Crippen molar-refractivity contribution in [2.45, 2.75) is 160 Å². The van der Waals surface area contributed by atoms with Crippen molar-refractivity contribution in [3.8, 4) is 0 Å². The Morgan fingerprint density at radius 2 is 1.02 bits per heavy atom. The van der Waals surface area contributed by atoms with Gasteiger partial charge in [0.25, 0.3) is 0 Å². The Morgan fingerprint density at radius 1 is 0.581 bits per heavy atom. The quantitative estimate of drug-likeness (QED) is 0.0677. The summed E-state index contributed by atoms with van der Waals surface area (Å²) in [5, 5.41) is 42.9. The number of hydrogen-bond acceptors (Lipinski definition) is 9. The van der Waals surface area contributed by atoms with E-state index >= 15 is 0 Å². The Balaban J connectivity index is 1.96. The number of phosphoric acid groups is 1. The topological polar surface area (TPSA) is 135 Å². The molecule has 250 valence electrons. The Hall–Kier alpha value is -0.870. The molecule has 0 unspecified atom stereocenters. The third kappa shape index (κ3) is 14.8. The van der Waals surface area contributed by atoms with Gasteiger partial charge in [-0.05, 0) is 18.4 Å². The van der Waals surface area contributed by atoms with Gasteiger partial charge in [-0.1, -0.05) is 134 Å². The molecule has 2 rings (SSSR count). The molecule has 1 aromatic carbocycles. The third-order valence-electron chi connectivity index (χ3n) is 8.08. The van der Waals surface area contributed by atoms with Crippen LogP contribution in [0.2, 0.25) is 0 Å². The maximum Gasteiger partial charge on any atom is 0.475 e. The van der Waals surface area contributed by atoms with Crippen LogP contribution >= 0.6 is 7.82 Å². The van der Waals surface area contributed by atoms with Gasteiger partial charge in [0.2, 0.25) is 0 Å². The molecule has 43 heavy (non-hydrogen) atoms. The Bertz CT molecular complexity index is 832. The molecule has 4 N–H and O–H groups in total. The Morgan fingerprint density at radius 3 is 1.51 bits per heavy atom. The van der Waals surface area contributed by atoms with E-state index in [1.807, 2.05) is 30.3 Å². The molecule has 0 radical (unpaired) electrons. The fourth-order valence-corrected chi connectivity index (χ4v) is 6.79. The van der Waals surface area contributed by atoms with Crippen molar-refractivity contribution in [3.05, 3.63) is 35.9 Å². The fourth-order valence-electron chi connectivity index (χ4n) is 5.34. The van der Waals surface area contributed by atoms with Gasteiger partial charge in [0, 0.05) is 0 Å². The first kappa shape index (κ1) is 38.3. The second-order valence-corrected chi connectivity index (χ2v) is 13.5. The van der Waals surface area contributed by atoms with Gasteiger partial charge in [0.15, 0.2) is 0 Å². The molecule has 0 aliphatic heterocycles. The van der Waals surface area contributed by atoms with E-state index in [2.05, 4.69) is 13.8 Å². The van der Waals surface area contributed by atoms with Gasteiger partial charge in [-0.25, -0.2) is 4.57 Å². The van der Waals surface area contributed by atoms with Crippen molar-refractivity contribution in [1.82, 2.24) is 0 Å². The second-order valence-electron chi connectivity index (χ2n) is 11.9. The lowest BCUT2D eigenvalue weighted by Gasteiger charge is -2.43. The molecular formula is C33H59O9P. The van der Waals surface area contributed by atoms with Crippen LogP contribution in [0.3, 0.4) is 0 Å². The number of rotatable bonds is 25. The van der Waals surface area contributed by atoms with E-state index in [4.69, 9.17) is 18.3 Å². The third-order valence-corrected chi connectivity index (χ3v) is 9.58. The monoisotopic (exact) mass is 630 g/mol. The van der Waals surface area contributed by atoms with Gasteiger partial charge in [-0.2, -0.15) is 0 Å². The smallest absolute Gasteiger partial charge is 0.387 e. The van der Waals surface area contributed by atoms with E-state index in [0.717, 1.165) is 44.1 Å². The number of ether oxygens (including phenoxy) is 1. The average molecular weight is 631 g/mol. The zero-order valence-electron chi connectivity index (χ0n) is 26.6. The molecule has 1 aliphatic rings. The lowest BCUT2D eigenvalue weighted by atomic mass is 9.85. The summed E-state index contributed by atoms with van der Waals surface area (Å²) in [7, 11) is -4.22. The minimum atomic E-state index is -4.22. The van der Waals surface area contributed by atoms with Crippen LogP contribution in [0.1, 0.15) is 122 Å². The van der Waals surface area contributed by atoms with E-state index in [0.29, 0.717) is 12.8 Å². The van der Waals surface area contributed by atoms with Crippen molar-refractivity contribution < 1.29 is 43.3 Å². The predicted molar refractivity (Wildman–Crippen MR) is 169 cm³/mol. The van der Waals surface area contributed by atoms with Crippen molar-refractivity contribution in [2.75, 3.05) is 13.2 Å². The van der Waals surface area contributed by atoms with Crippen LogP contribution in [0.4, 0.5) is 0 Å². The van der Waals surface area contributed by atoms with Gasteiger partial charge in [0.1, 0.15) is 36.6 Å². The number of aliphatic hydroxyl groups is 4. The summed E-state index contributed by atoms with van der Waals surface area (Å²) in [6.07, 6.45) is 7.96. The van der Waals surface area contributed by atoms with Crippen LogP contribution in [-0.4, -0.2) is 70.3 Å². The highest BCUT2D eigenvalue weighted by Gasteiger charge is 2.53. The van der Waals surface area contributed by atoms with E-state index < -0.39 is 44.4 Å².